The lowest BCUT2D eigenvalue weighted by Crippen LogP contribution is -2.44. The van der Waals surface area contributed by atoms with Crippen LogP contribution in [0.1, 0.15) is 52.4 Å². The number of thiocarbonyl (C=S) groups is 1. The van der Waals surface area contributed by atoms with Crippen molar-refractivity contribution in [2.24, 2.45) is 5.73 Å². The molecule has 1 aliphatic rings. The van der Waals surface area contributed by atoms with E-state index >= 15 is 0 Å². The maximum atomic E-state index is 9.60. The van der Waals surface area contributed by atoms with Crippen LogP contribution in [0.15, 0.2) is 0 Å². The first-order valence-electron chi connectivity index (χ1n) is 6.72. The summed E-state index contributed by atoms with van der Waals surface area (Å²) >= 11 is 5.00. The van der Waals surface area contributed by atoms with Gasteiger partial charge in [0, 0.05) is 18.5 Å². The second-order valence-corrected chi connectivity index (χ2v) is 5.87. The summed E-state index contributed by atoms with van der Waals surface area (Å²) in [6.45, 7) is 5.18. The number of aliphatic hydroxyl groups excluding tert-OH is 1. The molecule has 3 atom stereocenters. The van der Waals surface area contributed by atoms with Crippen molar-refractivity contribution in [3.05, 3.63) is 0 Å². The first kappa shape index (κ1) is 14.9. The van der Waals surface area contributed by atoms with E-state index in [4.69, 9.17) is 18.0 Å². The van der Waals surface area contributed by atoms with E-state index in [1.54, 1.807) is 0 Å². The molecule has 0 aliphatic carbocycles. The molecule has 0 amide bonds. The Kier molecular flexibility index (Phi) is 6.38. The van der Waals surface area contributed by atoms with E-state index < -0.39 is 0 Å². The van der Waals surface area contributed by atoms with Crippen LogP contribution in [0.25, 0.3) is 0 Å². The van der Waals surface area contributed by atoms with Crippen molar-refractivity contribution in [1.82, 2.24) is 4.90 Å². The third-order valence-electron chi connectivity index (χ3n) is 3.60. The lowest BCUT2D eigenvalue weighted by Gasteiger charge is -2.35. The molecule has 4 heteroatoms. The number of nitrogens with two attached hydrogens (primary N) is 1. The number of rotatable bonds is 5. The van der Waals surface area contributed by atoms with Gasteiger partial charge in [-0.25, -0.2) is 0 Å². The molecule has 1 aliphatic heterocycles. The van der Waals surface area contributed by atoms with Crippen LogP contribution >= 0.6 is 12.2 Å². The monoisotopic (exact) mass is 258 g/mol. The maximum Gasteiger partial charge on any atom is 0.0742 e. The summed E-state index contributed by atoms with van der Waals surface area (Å²) in [7, 11) is 0. The van der Waals surface area contributed by atoms with Gasteiger partial charge in [-0.1, -0.05) is 25.1 Å². The van der Waals surface area contributed by atoms with Gasteiger partial charge in [-0.2, -0.15) is 0 Å². The van der Waals surface area contributed by atoms with Crippen molar-refractivity contribution in [3.8, 4) is 0 Å². The highest BCUT2D eigenvalue weighted by Crippen LogP contribution is 2.23. The fraction of sp³-hybridized carbons (Fsp3) is 0.923. The van der Waals surface area contributed by atoms with E-state index in [-0.39, 0.29) is 6.10 Å². The minimum atomic E-state index is -0.224. The van der Waals surface area contributed by atoms with Crippen LogP contribution in [-0.4, -0.2) is 39.7 Å². The molecular formula is C13H26N2OS. The van der Waals surface area contributed by atoms with E-state index in [1.807, 2.05) is 6.92 Å². The van der Waals surface area contributed by atoms with Crippen LogP contribution in [-0.2, 0) is 0 Å². The average molecular weight is 258 g/mol. The predicted molar refractivity (Wildman–Crippen MR) is 76.1 cm³/mol. The van der Waals surface area contributed by atoms with Gasteiger partial charge >= 0.3 is 0 Å². The molecule has 1 heterocycles. The maximum absolute atomic E-state index is 9.60. The van der Waals surface area contributed by atoms with Gasteiger partial charge in [0.2, 0.25) is 0 Å². The lowest BCUT2D eigenvalue weighted by molar-refractivity contribution is 0.0900. The number of likely N-dealkylation sites (tertiary alicyclic amines) is 1. The third-order valence-corrected chi connectivity index (χ3v) is 3.77. The molecule has 17 heavy (non-hydrogen) atoms. The van der Waals surface area contributed by atoms with Gasteiger partial charge < -0.3 is 10.8 Å². The Bertz CT molecular complexity index is 246. The highest BCUT2D eigenvalue weighted by Gasteiger charge is 2.26. The van der Waals surface area contributed by atoms with Crippen molar-refractivity contribution in [2.75, 3.05) is 6.54 Å². The van der Waals surface area contributed by atoms with Gasteiger partial charge in [0.15, 0.2) is 0 Å². The van der Waals surface area contributed by atoms with Gasteiger partial charge in [0.05, 0.1) is 11.1 Å². The van der Waals surface area contributed by atoms with Gasteiger partial charge in [-0.3, -0.25) is 4.90 Å². The van der Waals surface area contributed by atoms with Crippen LogP contribution in [0, 0.1) is 0 Å². The molecule has 1 rings (SSSR count). The summed E-state index contributed by atoms with van der Waals surface area (Å²) < 4.78 is 0. The molecule has 0 aromatic rings. The van der Waals surface area contributed by atoms with Crippen molar-refractivity contribution in [2.45, 2.75) is 70.6 Å². The number of nitrogens with zero attached hydrogens (tertiary/aromatic N) is 1. The highest BCUT2D eigenvalue weighted by atomic mass is 32.1. The zero-order valence-corrected chi connectivity index (χ0v) is 11.9. The van der Waals surface area contributed by atoms with Gasteiger partial charge in [0.25, 0.3) is 0 Å². The largest absolute Gasteiger partial charge is 0.393 e. The summed E-state index contributed by atoms with van der Waals surface area (Å²) in [4.78, 5) is 3.09. The molecule has 0 aromatic heterocycles. The van der Waals surface area contributed by atoms with Crippen molar-refractivity contribution in [3.63, 3.8) is 0 Å². The van der Waals surface area contributed by atoms with Crippen molar-refractivity contribution >= 4 is 17.2 Å². The predicted octanol–water partition coefficient (Wildman–Crippen LogP) is 2.07. The zero-order chi connectivity index (χ0) is 12.8. The smallest absolute Gasteiger partial charge is 0.0742 e. The molecule has 3 N–H and O–H groups in total. The average Bonchev–Trinajstić information content (AvgIpc) is 2.41. The molecule has 1 saturated heterocycles. The lowest BCUT2D eigenvalue weighted by atomic mass is 10.0. The van der Waals surface area contributed by atoms with Gasteiger partial charge in [0.1, 0.15) is 0 Å². The fourth-order valence-corrected chi connectivity index (χ4v) is 3.08. The standard InChI is InChI=1S/C13H26N2OS/c1-10(8-13(14)17)15-7-5-3-4-6-12(15)9-11(2)16/h10-12,16H,3-9H2,1-2H3,(H2,14,17). The minimum Gasteiger partial charge on any atom is -0.393 e. The quantitative estimate of drug-likeness (QED) is 0.741. The minimum absolute atomic E-state index is 0.224. The third kappa shape index (κ3) is 5.32. The Labute approximate surface area is 110 Å². The topological polar surface area (TPSA) is 49.5 Å². The molecule has 0 bridgehead atoms. The summed E-state index contributed by atoms with van der Waals surface area (Å²) in [5.74, 6) is 0. The second kappa shape index (κ2) is 7.29. The molecule has 0 spiro atoms. The Morgan fingerprint density at radius 2 is 2.12 bits per heavy atom. The van der Waals surface area contributed by atoms with Crippen LogP contribution in [0.3, 0.4) is 0 Å². The van der Waals surface area contributed by atoms with E-state index in [2.05, 4.69) is 11.8 Å². The van der Waals surface area contributed by atoms with E-state index in [0.717, 1.165) is 19.4 Å². The van der Waals surface area contributed by atoms with Gasteiger partial charge in [-0.05, 0) is 39.7 Å². The molecule has 1 fully saturated rings. The molecule has 0 saturated carbocycles. The molecular weight excluding hydrogens is 232 g/mol. The van der Waals surface area contributed by atoms with Crippen LogP contribution in [0.5, 0.6) is 0 Å². The Morgan fingerprint density at radius 3 is 2.71 bits per heavy atom. The normalized spacial score (nSPS) is 26.2. The summed E-state index contributed by atoms with van der Waals surface area (Å²) in [6, 6.07) is 0.885. The fourth-order valence-electron chi connectivity index (χ4n) is 2.84. The van der Waals surface area contributed by atoms with Crippen LogP contribution in [0.2, 0.25) is 0 Å². The second-order valence-electron chi connectivity index (χ2n) is 5.35. The molecule has 3 unspecified atom stereocenters. The van der Waals surface area contributed by atoms with E-state index in [9.17, 15) is 5.11 Å². The SMILES string of the molecule is CC(O)CC1CCCCCN1C(C)CC(N)=S. The summed E-state index contributed by atoms with van der Waals surface area (Å²) in [5, 5.41) is 9.60. The molecule has 100 valence electrons. The highest BCUT2D eigenvalue weighted by molar-refractivity contribution is 7.80. The Balaban J connectivity index is 2.63. The number of hydrogen-bond acceptors (Lipinski definition) is 3. The van der Waals surface area contributed by atoms with Crippen LogP contribution < -0.4 is 5.73 Å². The Hall–Kier alpha value is -0.190. The van der Waals surface area contributed by atoms with Crippen molar-refractivity contribution in [1.29, 1.82) is 0 Å². The molecule has 0 radical (unpaired) electrons. The summed E-state index contributed by atoms with van der Waals surface area (Å²) in [6.07, 6.45) is 6.43. The first-order chi connectivity index (χ1) is 8.00. The molecule has 3 nitrogen and oxygen atoms in total. The van der Waals surface area contributed by atoms with E-state index in [0.29, 0.717) is 17.1 Å². The molecule has 0 aromatic carbocycles. The van der Waals surface area contributed by atoms with Gasteiger partial charge in [-0.15, -0.1) is 0 Å². The first-order valence-corrected chi connectivity index (χ1v) is 7.13. The number of aliphatic hydroxyl groups is 1. The van der Waals surface area contributed by atoms with E-state index in [1.165, 1.54) is 25.7 Å². The zero-order valence-electron chi connectivity index (χ0n) is 11.1. The van der Waals surface area contributed by atoms with Crippen molar-refractivity contribution < 1.29 is 5.11 Å². The number of hydrogen-bond donors (Lipinski definition) is 2. The summed E-state index contributed by atoms with van der Waals surface area (Å²) in [5.41, 5.74) is 5.64. The van der Waals surface area contributed by atoms with Crippen LogP contribution in [0.4, 0.5) is 0 Å². The Morgan fingerprint density at radius 1 is 1.41 bits per heavy atom.